The Morgan fingerprint density at radius 2 is 1.97 bits per heavy atom. The molecular formula is C29H35N5O3S. The summed E-state index contributed by atoms with van der Waals surface area (Å²) >= 11 is 1.56. The van der Waals surface area contributed by atoms with E-state index >= 15 is 0 Å². The zero-order valence-electron chi connectivity index (χ0n) is 22.1. The van der Waals surface area contributed by atoms with Gasteiger partial charge in [0.25, 0.3) is 5.91 Å². The fourth-order valence-corrected chi connectivity index (χ4v) is 7.60. The average Bonchev–Trinajstić information content (AvgIpc) is 3.26. The SMILES string of the molecule is Cc1ccccc1Oc1ccc(N2C(=O)NC3=C(C(=O)N[C@@H]4CCCN(C)C4)SC4NCCC2C34)c(C)c1. The second-order valence-electron chi connectivity index (χ2n) is 10.8. The van der Waals surface area contributed by atoms with Gasteiger partial charge in [0.15, 0.2) is 0 Å². The van der Waals surface area contributed by atoms with Crippen molar-refractivity contribution in [2.45, 2.75) is 50.6 Å². The first-order valence-electron chi connectivity index (χ1n) is 13.5. The lowest BCUT2D eigenvalue weighted by Gasteiger charge is -2.46. The molecule has 200 valence electrons. The van der Waals surface area contributed by atoms with E-state index in [9.17, 15) is 9.59 Å². The maximum atomic E-state index is 13.6. The fourth-order valence-electron chi connectivity index (χ4n) is 6.20. The Balaban J connectivity index is 1.25. The lowest BCUT2D eigenvalue weighted by Crippen LogP contribution is -2.62. The van der Waals surface area contributed by atoms with Crippen molar-refractivity contribution in [2.75, 3.05) is 31.6 Å². The van der Waals surface area contributed by atoms with Crippen LogP contribution in [0.25, 0.3) is 0 Å². The monoisotopic (exact) mass is 533 g/mol. The van der Waals surface area contributed by atoms with E-state index in [0.717, 1.165) is 72.9 Å². The van der Waals surface area contributed by atoms with E-state index < -0.39 is 0 Å². The molecule has 0 saturated carbocycles. The third-order valence-electron chi connectivity index (χ3n) is 8.06. The first-order valence-corrected chi connectivity index (χ1v) is 14.3. The van der Waals surface area contributed by atoms with Gasteiger partial charge in [0.05, 0.1) is 16.3 Å². The molecule has 2 aromatic carbocycles. The van der Waals surface area contributed by atoms with Crippen molar-refractivity contribution in [2.24, 2.45) is 5.92 Å². The fraction of sp³-hybridized carbons (Fsp3) is 0.448. The number of amides is 3. The molecule has 3 unspecified atom stereocenters. The lowest BCUT2D eigenvalue weighted by atomic mass is 9.86. The van der Waals surface area contributed by atoms with Crippen LogP contribution in [0, 0.1) is 19.8 Å². The summed E-state index contributed by atoms with van der Waals surface area (Å²) < 4.78 is 6.13. The van der Waals surface area contributed by atoms with E-state index in [1.807, 2.05) is 61.2 Å². The molecule has 3 amide bonds. The number of aryl methyl sites for hydroxylation is 2. The van der Waals surface area contributed by atoms with Gasteiger partial charge < -0.3 is 25.6 Å². The van der Waals surface area contributed by atoms with Crippen LogP contribution >= 0.6 is 11.8 Å². The molecule has 0 spiro atoms. The van der Waals surface area contributed by atoms with Crippen molar-refractivity contribution >= 4 is 29.4 Å². The van der Waals surface area contributed by atoms with Gasteiger partial charge in [-0.3, -0.25) is 9.69 Å². The van der Waals surface area contributed by atoms with Crippen LogP contribution in [0.3, 0.4) is 0 Å². The third-order valence-corrected chi connectivity index (χ3v) is 9.41. The predicted molar refractivity (Wildman–Crippen MR) is 150 cm³/mol. The van der Waals surface area contributed by atoms with Crippen molar-refractivity contribution in [1.29, 1.82) is 0 Å². The van der Waals surface area contributed by atoms with Crippen molar-refractivity contribution in [3.63, 3.8) is 0 Å². The van der Waals surface area contributed by atoms with Crippen LogP contribution in [-0.2, 0) is 4.79 Å². The summed E-state index contributed by atoms with van der Waals surface area (Å²) in [5.41, 5.74) is 3.69. The first-order chi connectivity index (χ1) is 18.4. The maximum absolute atomic E-state index is 13.6. The number of likely N-dealkylation sites (tertiary alicyclic amines) is 1. The van der Waals surface area contributed by atoms with Crippen molar-refractivity contribution in [3.05, 3.63) is 64.2 Å². The minimum Gasteiger partial charge on any atom is -0.457 e. The second-order valence-corrected chi connectivity index (χ2v) is 12.0. The first kappa shape index (κ1) is 25.3. The highest BCUT2D eigenvalue weighted by molar-refractivity contribution is 8.04. The van der Waals surface area contributed by atoms with Crippen LogP contribution in [0.4, 0.5) is 10.5 Å². The van der Waals surface area contributed by atoms with Gasteiger partial charge in [-0.15, -0.1) is 0 Å². The molecule has 4 heterocycles. The lowest BCUT2D eigenvalue weighted by molar-refractivity contribution is -0.117. The Bertz CT molecular complexity index is 1300. The summed E-state index contributed by atoms with van der Waals surface area (Å²) in [6.45, 7) is 6.76. The standard InChI is InChI=1S/C29H35N5O3S/c1-17-7-4-5-9-23(17)37-20-10-11-21(18(2)15-20)34-22-12-13-30-28-24(22)25(32-29(34)36)26(38-28)27(35)31-19-8-6-14-33(3)16-19/h4-5,7,9-11,15,19,22,24,28,30H,6,8,12-14,16H2,1-3H3,(H,31,35)(H,32,36)/t19-,22?,24?,28?/m1/s1. The Morgan fingerprint density at radius 1 is 1.13 bits per heavy atom. The van der Waals surface area contributed by atoms with Crippen LogP contribution in [-0.4, -0.2) is 61.0 Å². The van der Waals surface area contributed by atoms with Crippen LogP contribution < -0.4 is 25.6 Å². The zero-order chi connectivity index (χ0) is 26.4. The molecule has 3 N–H and O–H groups in total. The molecule has 6 rings (SSSR count). The topological polar surface area (TPSA) is 85.9 Å². The van der Waals surface area contributed by atoms with Gasteiger partial charge in [-0.1, -0.05) is 30.0 Å². The van der Waals surface area contributed by atoms with E-state index in [0.29, 0.717) is 4.91 Å². The third kappa shape index (κ3) is 4.67. The summed E-state index contributed by atoms with van der Waals surface area (Å²) in [4.78, 5) is 31.8. The average molecular weight is 534 g/mol. The number of rotatable bonds is 5. The van der Waals surface area contributed by atoms with Crippen molar-refractivity contribution in [1.82, 2.24) is 20.9 Å². The van der Waals surface area contributed by atoms with E-state index in [2.05, 4.69) is 27.9 Å². The quantitative estimate of drug-likeness (QED) is 0.537. The summed E-state index contributed by atoms with van der Waals surface area (Å²) in [6.07, 6.45) is 2.89. The Morgan fingerprint density at radius 3 is 2.76 bits per heavy atom. The number of thioether (sulfide) groups is 1. The number of likely N-dealkylation sites (N-methyl/N-ethyl adjacent to an activating group) is 1. The number of urea groups is 1. The molecule has 3 fully saturated rings. The summed E-state index contributed by atoms with van der Waals surface area (Å²) in [5, 5.41) is 10.0. The number of carbonyl (C=O) groups is 2. The van der Waals surface area contributed by atoms with E-state index in [-0.39, 0.29) is 35.3 Å². The maximum Gasteiger partial charge on any atom is 0.326 e. The number of nitrogens with one attached hydrogen (secondary N) is 3. The molecular weight excluding hydrogens is 498 g/mol. The molecule has 38 heavy (non-hydrogen) atoms. The number of anilines is 1. The van der Waals surface area contributed by atoms with Crippen LogP contribution in [0.5, 0.6) is 11.5 Å². The predicted octanol–water partition coefficient (Wildman–Crippen LogP) is 4.10. The summed E-state index contributed by atoms with van der Waals surface area (Å²) in [7, 11) is 2.09. The summed E-state index contributed by atoms with van der Waals surface area (Å²) in [6, 6.07) is 13.8. The van der Waals surface area contributed by atoms with Gasteiger partial charge in [0.2, 0.25) is 0 Å². The molecule has 3 saturated heterocycles. The number of hydrogen-bond donors (Lipinski definition) is 3. The minimum atomic E-state index is -0.178. The Hall–Kier alpha value is -3.01. The number of ether oxygens (including phenoxy) is 1. The van der Waals surface area contributed by atoms with Gasteiger partial charge in [-0.05, 0) is 88.6 Å². The molecule has 0 radical (unpaired) electrons. The number of piperidine rings is 2. The Kier molecular flexibility index (Phi) is 6.84. The molecule has 8 nitrogen and oxygen atoms in total. The van der Waals surface area contributed by atoms with Gasteiger partial charge in [0.1, 0.15) is 11.5 Å². The number of para-hydroxylation sites is 1. The van der Waals surface area contributed by atoms with E-state index in [1.54, 1.807) is 11.8 Å². The van der Waals surface area contributed by atoms with Gasteiger partial charge >= 0.3 is 6.03 Å². The highest BCUT2D eigenvalue weighted by Gasteiger charge is 2.52. The largest absolute Gasteiger partial charge is 0.457 e. The van der Waals surface area contributed by atoms with Crippen LogP contribution in [0.1, 0.15) is 30.4 Å². The molecule has 9 heteroatoms. The minimum absolute atomic E-state index is 0.0227. The normalized spacial score (nSPS) is 27.1. The van der Waals surface area contributed by atoms with Crippen molar-refractivity contribution < 1.29 is 14.3 Å². The van der Waals surface area contributed by atoms with E-state index in [1.165, 1.54) is 0 Å². The highest BCUT2D eigenvalue weighted by atomic mass is 32.2. The molecule has 0 aromatic heterocycles. The van der Waals surface area contributed by atoms with Crippen molar-refractivity contribution in [3.8, 4) is 11.5 Å². The number of hydrogen-bond acceptors (Lipinski definition) is 6. The molecule has 4 aliphatic rings. The molecule has 4 aliphatic heterocycles. The number of carbonyl (C=O) groups excluding carboxylic acids is 2. The van der Waals surface area contributed by atoms with Gasteiger partial charge in [-0.25, -0.2) is 4.79 Å². The van der Waals surface area contributed by atoms with Gasteiger partial charge in [0, 0.05) is 29.9 Å². The Labute approximate surface area is 228 Å². The highest BCUT2D eigenvalue weighted by Crippen LogP contribution is 2.48. The zero-order valence-corrected chi connectivity index (χ0v) is 22.9. The van der Waals surface area contributed by atoms with Gasteiger partial charge in [-0.2, -0.15) is 0 Å². The molecule has 0 aliphatic carbocycles. The van der Waals surface area contributed by atoms with Crippen LogP contribution in [0.2, 0.25) is 0 Å². The second kappa shape index (κ2) is 10.3. The molecule has 2 aromatic rings. The van der Waals surface area contributed by atoms with Crippen LogP contribution in [0.15, 0.2) is 53.1 Å². The smallest absolute Gasteiger partial charge is 0.326 e. The number of nitrogens with zero attached hydrogens (tertiary/aromatic N) is 2. The van der Waals surface area contributed by atoms with E-state index in [4.69, 9.17) is 4.74 Å². The summed E-state index contributed by atoms with van der Waals surface area (Å²) in [5.74, 6) is 1.52. The number of benzene rings is 2. The molecule has 0 bridgehead atoms. The molecule has 4 atom stereocenters.